The highest BCUT2D eigenvalue weighted by molar-refractivity contribution is 7.15. The molecule has 2 N–H and O–H groups in total. The Morgan fingerprint density at radius 2 is 2.00 bits per heavy atom. The van der Waals surface area contributed by atoms with Crippen molar-refractivity contribution in [2.24, 2.45) is 5.22 Å². The number of rotatable bonds is 12. The van der Waals surface area contributed by atoms with Gasteiger partial charge in [-0.2, -0.15) is 18.7 Å². The molecule has 0 saturated carbocycles. The van der Waals surface area contributed by atoms with Crippen molar-refractivity contribution in [3.63, 3.8) is 0 Å². The molecule has 0 spiro atoms. The van der Waals surface area contributed by atoms with Gasteiger partial charge in [-0.15, -0.1) is 10.2 Å². The summed E-state index contributed by atoms with van der Waals surface area (Å²) in [4.78, 5) is 20.0. The second-order valence-corrected chi connectivity index (χ2v) is 8.59. The maximum absolute atomic E-state index is 14.4. The van der Waals surface area contributed by atoms with E-state index in [0.29, 0.717) is 15.8 Å². The lowest BCUT2D eigenvalue weighted by atomic mass is 10.2. The molecular formula is C22H22F4N8OS. The van der Waals surface area contributed by atoms with Crippen LogP contribution in [-0.4, -0.2) is 43.8 Å². The number of pyridine rings is 2. The van der Waals surface area contributed by atoms with Crippen LogP contribution in [0.3, 0.4) is 0 Å². The van der Waals surface area contributed by atoms with Crippen LogP contribution in [0.1, 0.15) is 28.4 Å². The number of hydrogen-bond acceptors (Lipinski definition) is 8. The number of alkyl halides is 4. The molecule has 3 rings (SSSR count). The smallest absolute Gasteiger partial charge is 0.300 e. The van der Waals surface area contributed by atoms with Gasteiger partial charge in [-0.1, -0.05) is 28.7 Å². The number of carbonyl (C=O) groups excluding carboxylic acids is 1. The SMILES string of the molecule is N=NN(/C=C/Cc1cc(C(F)(F)F)ccn1)CC(F)CCc1nnc(NC(=O)Cc2ccccn2)s1. The topological polar surface area (TPSA) is 120 Å². The number of hydrogen-bond donors (Lipinski definition) is 2. The zero-order valence-electron chi connectivity index (χ0n) is 18.8. The van der Waals surface area contributed by atoms with E-state index in [4.69, 9.17) is 5.53 Å². The van der Waals surface area contributed by atoms with Crippen LogP contribution in [-0.2, 0) is 30.2 Å². The van der Waals surface area contributed by atoms with Gasteiger partial charge in [-0.05, 0) is 30.7 Å². The number of aryl methyl sites for hydroxylation is 1. The van der Waals surface area contributed by atoms with E-state index in [2.05, 4.69) is 30.7 Å². The largest absolute Gasteiger partial charge is 0.416 e. The van der Waals surface area contributed by atoms with E-state index < -0.39 is 17.9 Å². The monoisotopic (exact) mass is 522 g/mol. The Balaban J connectivity index is 1.42. The summed E-state index contributed by atoms with van der Waals surface area (Å²) in [6.07, 6.45) is 0.104. The molecule has 0 aromatic carbocycles. The summed E-state index contributed by atoms with van der Waals surface area (Å²) >= 11 is 1.14. The molecule has 0 bridgehead atoms. The average molecular weight is 523 g/mol. The van der Waals surface area contributed by atoms with Crippen molar-refractivity contribution in [3.05, 3.63) is 77.0 Å². The number of carbonyl (C=O) groups is 1. The fourth-order valence-electron chi connectivity index (χ4n) is 3.01. The van der Waals surface area contributed by atoms with Gasteiger partial charge < -0.3 is 5.32 Å². The quantitative estimate of drug-likeness (QED) is 0.200. The molecule has 0 aliphatic heterocycles. The molecule has 0 aliphatic rings. The molecule has 0 radical (unpaired) electrons. The molecule has 9 nitrogen and oxygen atoms in total. The van der Waals surface area contributed by atoms with Gasteiger partial charge in [-0.25, -0.2) is 4.39 Å². The molecule has 3 aromatic rings. The Morgan fingerprint density at radius 1 is 1.19 bits per heavy atom. The summed E-state index contributed by atoms with van der Waals surface area (Å²) in [6.45, 7) is -0.220. The summed E-state index contributed by atoms with van der Waals surface area (Å²) < 4.78 is 52.8. The predicted molar refractivity (Wildman–Crippen MR) is 124 cm³/mol. The molecule has 3 aromatic heterocycles. The van der Waals surface area contributed by atoms with Gasteiger partial charge in [0.05, 0.1) is 18.5 Å². The third kappa shape index (κ3) is 8.76. The molecule has 14 heteroatoms. The molecular weight excluding hydrogens is 500 g/mol. The normalized spacial score (nSPS) is 12.4. The first-order chi connectivity index (χ1) is 17.2. The minimum absolute atomic E-state index is 0.0620. The van der Waals surface area contributed by atoms with Crippen LogP contribution in [0.15, 0.2) is 60.2 Å². The van der Waals surface area contributed by atoms with Crippen molar-refractivity contribution in [1.29, 1.82) is 5.53 Å². The Labute approximate surface area is 207 Å². The highest BCUT2D eigenvalue weighted by Crippen LogP contribution is 2.29. The molecule has 3 heterocycles. The van der Waals surface area contributed by atoms with Crippen LogP contribution in [0.25, 0.3) is 0 Å². The van der Waals surface area contributed by atoms with Crippen LogP contribution >= 0.6 is 11.3 Å². The van der Waals surface area contributed by atoms with Crippen LogP contribution in [0.2, 0.25) is 0 Å². The van der Waals surface area contributed by atoms with Gasteiger partial charge in [0.25, 0.3) is 0 Å². The second kappa shape index (κ2) is 12.8. The van der Waals surface area contributed by atoms with Crippen molar-refractivity contribution in [2.45, 2.75) is 38.0 Å². The number of aromatic nitrogens is 4. The van der Waals surface area contributed by atoms with Gasteiger partial charge in [0, 0.05) is 42.8 Å². The second-order valence-electron chi connectivity index (χ2n) is 7.53. The van der Waals surface area contributed by atoms with E-state index in [0.717, 1.165) is 34.7 Å². The van der Waals surface area contributed by atoms with Crippen LogP contribution in [0.5, 0.6) is 0 Å². The fraction of sp³-hybridized carbons (Fsp3) is 0.318. The lowest BCUT2D eigenvalue weighted by Crippen LogP contribution is -2.21. The Bertz CT molecular complexity index is 1170. The van der Waals surface area contributed by atoms with Gasteiger partial charge in [0.15, 0.2) is 0 Å². The van der Waals surface area contributed by atoms with E-state index in [-0.39, 0.29) is 43.8 Å². The molecule has 190 valence electrons. The highest BCUT2D eigenvalue weighted by atomic mass is 32.1. The third-order valence-electron chi connectivity index (χ3n) is 4.71. The van der Waals surface area contributed by atoms with Gasteiger partial charge in [0.2, 0.25) is 11.0 Å². The average Bonchev–Trinajstić information content (AvgIpc) is 3.29. The first-order valence-corrected chi connectivity index (χ1v) is 11.5. The van der Waals surface area contributed by atoms with E-state index in [9.17, 15) is 22.4 Å². The molecule has 1 unspecified atom stereocenters. The Kier molecular flexibility index (Phi) is 9.50. The highest BCUT2D eigenvalue weighted by Gasteiger charge is 2.30. The zero-order chi connectivity index (χ0) is 26.0. The number of allylic oxidation sites excluding steroid dienone is 1. The van der Waals surface area contributed by atoms with E-state index in [1.807, 2.05) is 0 Å². The Morgan fingerprint density at radius 3 is 2.72 bits per heavy atom. The van der Waals surface area contributed by atoms with Crippen LogP contribution in [0, 0.1) is 5.53 Å². The van der Waals surface area contributed by atoms with Crippen molar-refractivity contribution in [1.82, 2.24) is 25.2 Å². The first kappa shape index (κ1) is 26.8. The van der Waals surface area contributed by atoms with Crippen LogP contribution < -0.4 is 5.32 Å². The number of nitrogens with one attached hydrogen (secondary N) is 2. The van der Waals surface area contributed by atoms with E-state index >= 15 is 0 Å². The predicted octanol–water partition coefficient (Wildman–Crippen LogP) is 4.80. The van der Waals surface area contributed by atoms with E-state index in [1.54, 1.807) is 24.4 Å². The molecule has 1 amide bonds. The summed E-state index contributed by atoms with van der Waals surface area (Å²) in [5.41, 5.74) is 7.19. The maximum atomic E-state index is 14.4. The lowest BCUT2D eigenvalue weighted by Gasteiger charge is -2.15. The van der Waals surface area contributed by atoms with Crippen molar-refractivity contribution < 1.29 is 22.4 Å². The molecule has 0 saturated heterocycles. The van der Waals surface area contributed by atoms with Crippen molar-refractivity contribution >= 4 is 22.4 Å². The molecule has 36 heavy (non-hydrogen) atoms. The summed E-state index contributed by atoms with van der Waals surface area (Å²) in [6, 6.07) is 7.08. The molecule has 0 fully saturated rings. The third-order valence-corrected chi connectivity index (χ3v) is 5.61. The Hall–Kier alpha value is -3.81. The maximum Gasteiger partial charge on any atom is 0.416 e. The first-order valence-electron chi connectivity index (χ1n) is 10.7. The summed E-state index contributed by atoms with van der Waals surface area (Å²) in [5, 5.41) is 15.6. The fourth-order valence-corrected chi connectivity index (χ4v) is 3.78. The van der Waals surface area contributed by atoms with Gasteiger partial charge in [0.1, 0.15) is 11.2 Å². The number of nitrogens with zero attached hydrogens (tertiary/aromatic N) is 6. The van der Waals surface area contributed by atoms with Gasteiger partial charge >= 0.3 is 6.18 Å². The van der Waals surface area contributed by atoms with Crippen molar-refractivity contribution in [2.75, 3.05) is 11.9 Å². The minimum atomic E-state index is -4.47. The summed E-state index contributed by atoms with van der Waals surface area (Å²) in [7, 11) is 0. The number of halogens is 4. The number of anilines is 1. The van der Waals surface area contributed by atoms with E-state index in [1.165, 1.54) is 12.3 Å². The standard InChI is InChI=1S/C22H22F4N8OS/c23-16(14-34(33-27)11-3-5-17-12-15(8-10-29-17)22(24,25)26)6-7-20-31-32-21(36-20)30-19(35)13-18-4-1-2-9-28-18/h1-4,8-12,16,27H,5-7,13-14H2,(H,30,32,35)/b11-3+,33-27?. The minimum Gasteiger partial charge on any atom is -0.300 e. The van der Waals surface area contributed by atoms with Crippen molar-refractivity contribution in [3.8, 4) is 0 Å². The van der Waals surface area contributed by atoms with Gasteiger partial charge in [-0.3, -0.25) is 19.8 Å². The van der Waals surface area contributed by atoms with Crippen LogP contribution in [0.4, 0.5) is 22.7 Å². The zero-order valence-corrected chi connectivity index (χ0v) is 19.6. The lowest BCUT2D eigenvalue weighted by molar-refractivity contribution is -0.137. The molecule has 1 atom stereocenters. The molecule has 0 aliphatic carbocycles. The summed E-state index contributed by atoms with van der Waals surface area (Å²) in [5.74, 6) is -0.292. The number of amides is 1.